The molecule has 0 unspecified atom stereocenters. The predicted octanol–water partition coefficient (Wildman–Crippen LogP) is 4.75. The molecular weight excluding hydrogens is 364 g/mol. The van der Waals surface area contributed by atoms with Crippen LogP contribution in [0.1, 0.15) is 17.7 Å². The summed E-state index contributed by atoms with van der Waals surface area (Å²) in [7, 11) is 0. The van der Waals surface area contributed by atoms with Crippen LogP contribution in [-0.2, 0) is 5.75 Å². The number of hydrogen-bond donors (Lipinski definition) is 0. The Kier molecular flexibility index (Phi) is 4.59. The monoisotopic (exact) mass is 378 g/mol. The van der Waals surface area contributed by atoms with Crippen molar-refractivity contribution < 1.29 is 18.3 Å². The van der Waals surface area contributed by atoms with Gasteiger partial charge in [-0.25, -0.2) is 0 Å². The molecule has 0 N–H and O–H groups in total. The lowest BCUT2D eigenvalue weighted by atomic mass is 10.2. The highest BCUT2D eigenvalue weighted by Gasteiger charge is 2.17. The maximum atomic E-state index is 6.31. The molecule has 130 valence electrons. The molecule has 3 aromatic rings. The van der Waals surface area contributed by atoms with Crippen molar-refractivity contribution in [2.24, 2.45) is 0 Å². The van der Waals surface area contributed by atoms with Crippen molar-refractivity contribution in [2.75, 3.05) is 13.2 Å². The van der Waals surface area contributed by atoms with Crippen LogP contribution in [0.3, 0.4) is 0 Å². The second-order valence-electron chi connectivity index (χ2n) is 5.51. The summed E-state index contributed by atoms with van der Waals surface area (Å²) in [6.07, 6.45) is 2.44. The smallest absolute Gasteiger partial charge is 0.277 e. The van der Waals surface area contributed by atoms with Crippen LogP contribution in [0.25, 0.3) is 11.5 Å². The number of ether oxygens (including phenoxy) is 2. The standard InChI is InChI=1S/C17H15ClN2O4S/c1-10-12(3-6-21-10)16-19-20-17(24-16)25-9-11-7-13(18)15-14(8-11)22-4-2-5-23-15/h3,6-8H,2,4-5,9H2,1H3. The van der Waals surface area contributed by atoms with E-state index >= 15 is 0 Å². The fourth-order valence-electron chi connectivity index (χ4n) is 2.50. The maximum absolute atomic E-state index is 6.31. The van der Waals surface area contributed by atoms with Crippen LogP contribution in [0.5, 0.6) is 11.5 Å². The zero-order valence-corrected chi connectivity index (χ0v) is 15.0. The molecule has 8 heteroatoms. The van der Waals surface area contributed by atoms with Crippen molar-refractivity contribution in [1.82, 2.24) is 10.2 Å². The van der Waals surface area contributed by atoms with Gasteiger partial charge in [0.1, 0.15) is 5.76 Å². The van der Waals surface area contributed by atoms with Gasteiger partial charge in [-0.05, 0) is 30.7 Å². The topological polar surface area (TPSA) is 70.5 Å². The molecule has 0 radical (unpaired) electrons. The van der Waals surface area contributed by atoms with Crippen LogP contribution >= 0.6 is 23.4 Å². The van der Waals surface area contributed by atoms with E-state index in [-0.39, 0.29) is 0 Å². The maximum Gasteiger partial charge on any atom is 0.277 e. The second-order valence-corrected chi connectivity index (χ2v) is 6.84. The number of rotatable bonds is 4. The van der Waals surface area contributed by atoms with Gasteiger partial charge < -0.3 is 18.3 Å². The molecule has 4 rings (SSSR count). The van der Waals surface area contributed by atoms with Gasteiger partial charge in [0.15, 0.2) is 11.5 Å². The first-order chi connectivity index (χ1) is 12.2. The van der Waals surface area contributed by atoms with Gasteiger partial charge in [-0.15, -0.1) is 10.2 Å². The van der Waals surface area contributed by atoms with Crippen molar-refractivity contribution >= 4 is 23.4 Å². The van der Waals surface area contributed by atoms with E-state index in [9.17, 15) is 0 Å². The minimum Gasteiger partial charge on any atom is -0.489 e. The van der Waals surface area contributed by atoms with Crippen molar-refractivity contribution in [3.05, 3.63) is 40.8 Å². The van der Waals surface area contributed by atoms with E-state index in [4.69, 9.17) is 29.9 Å². The molecule has 6 nitrogen and oxygen atoms in total. The fourth-order valence-corrected chi connectivity index (χ4v) is 3.48. The number of thioether (sulfide) groups is 1. The van der Waals surface area contributed by atoms with E-state index < -0.39 is 0 Å². The molecule has 0 atom stereocenters. The Labute approximate surface area is 153 Å². The highest BCUT2D eigenvalue weighted by Crippen LogP contribution is 2.39. The Morgan fingerprint density at radius 3 is 2.92 bits per heavy atom. The van der Waals surface area contributed by atoms with Crippen molar-refractivity contribution in [2.45, 2.75) is 24.3 Å². The Morgan fingerprint density at radius 2 is 2.08 bits per heavy atom. The molecule has 0 amide bonds. The molecule has 0 saturated heterocycles. The molecule has 0 fully saturated rings. The number of benzene rings is 1. The van der Waals surface area contributed by atoms with Crippen molar-refractivity contribution in [3.63, 3.8) is 0 Å². The Hall–Kier alpha value is -2.12. The summed E-state index contributed by atoms with van der Waals surface area (Å²) in [5.41, 5.74) is 1.80. The molecule has 1 aliphatic heterocycles. The van der Waals surface area contributed by atoms with Crippen LogP contribution in [0.4, 0.5) is 0 Å². The number of aryl methyl sites for hydroxylation is 1. The first-order valence-corrected chi connectivity index (χ1v) is 9.16. The first kappa shape index (κ1) is 16.4. The summed E-state index contributed by atoms with van der Waals surface area (Å²) in [5.74, 6) is 3.12. The lowest BCUT2D eigenvalue weighted by Crippen LogP contribution is -1.97. The van der Waals surface area contributed by atoms with E-state index in [1.54, 1.807) is 12.3 Å². The van der Waals surface area contributed by atoms with Gasteiger partial charge in [0.25, 0.3) is 11.1 Å². The third kappa shape index (κ3) is 3.48. The van der Waals surface area contributed by atoms with E-state index in [0.29, 0.717) is 46.6 Å². The van der Waals surface area contributed by atoms with Gasteiger partial charge in [0.05, 0.1) is 30.1 Å². The predicted molar refractivity (Wildman–Crippen MR) is 93.4 cm³/mol. The van der Waals surface area contributed by atoms with Gasteiger partial charge in [-0.2, -0.15) is 0 Å². The molecule has 2 aromatic heterocycles. The Bertz CT molecular complexity index is 893. The number of furan rings is 1. The Balaban J connectivity index is 1.49. The first-order valence-electron chi connectivity index (χ1n) is 7.79. The molecule has 25 heavy (non-hydrogen) atoms. The lowest BCUT2D eigenvalue weighted by Gasteiger charge is -2.10. The molecule has 0 saturated carbocycles. The minimum absolute atomic E-state index is 0.449. The highest BCUT2D eigenvalue weighted by molar-refractivity contribution is 7.98. The number of aromatic nitrogens is 2. The number of nitrogens with zero attached hydrogens (tertiary/aromatic N) is 2. The van der Waals surface area contributed by atoms with Crippen LogP contribution < -0.4 is 9.47 Å². The Morgan fingerprint density at radius 1 is 1.20 bits per heavy atom. The zero-order chi connectivity index (χ0) is 17.2. The van der Waals surface area contributed by atoms with Gasteiger partial charge in [-0.3, -0.25) is 0 Å². The summed E-state index contributed by atoms with van der Waals surface area (Å²) < 4.78 is 22.3. The van der Waals surface area contributed by atoms with E-state index in [0.717, 1.165) is 23.3 Å². The van der Waals surface area contributed by atoms with Gasteiger partial charge in [0.2, 0.25) is 0 Å². The molecule has 0 bridgehead atoms. The van der Waals surface area contributed by atoms with Gasteiger partial charge in [-0.1, -0.05) is 23.4 Å². The zero-order valence-electron chi connectivity index (χ0n) is 13.5. The highest BCUT2D eigenvalue weighted by atomic mass is 35.5. The largest absolute Gasteiger partial charge is 0.489 e. The normalized spacial score (nSPS) is 13.7. The lowest BCUT2D eigenvalue weighted by molar-refractivity contribution is 0.297. The van der Waals surface area contributed by atoms with Gasteiger partial charge in [0, 0.05) is 12.2 Å². The summed E-state index contributed by atoms with van der Waals surface area (Å²) in [4.78, 5) is 0. The molecule has 1 aromatic carbocycles. The van der Waals surface area contributed by atoms with Crippen LogP contribution in [0.2, 0.25) is 5.02 Å². The number of hydrogen-bond acceptors (Lipinski definition) is 7. The number of fused-ring (bicyclic) bond motifs is 1. The molecule has 1 aliphatic rings. The van der Waals surface area contributed by atoms with E-state index in [2.05, 4.69) is 10.2 Å². The molecule has 0 spiro atoms. The summed E-state index contributed by atoms with van der Waals surface area (Å²) in [6.45, 7) is 3.09. The third-order valence-electron chi connectivity index (χ3n) is 3.72. The van der Waals surface area contributed by atoms with Crippen LogP contribution in [-0.4, -0.2) is 23.4 Å². The summed E-state index contributed by atoms with van der Waals surface area (Å²) >= 11 is 7.75. The SMILES string of the molecule is Cc1occc1-c1nnc(SCc2cc(Cl)c3c(c2)OCCCO3)o1. The second kappa shape index (κ2) is 7.01. The van der Waals surface area contributed by atoms with E-state index in [1.165, 1.54) is 11.8 Å². The summed E-state index contributed by atoms with van der Waals surface area (Å²) in [6, 6.07) is 5.62. The van der Waals surface area contributed by atoms with Crippen LogP contribution in [0, 0.1) is 6.92 Å². The number of halogens is 1. The van der Waals surface area contributed by atoms with Crippen molar-refractivity contribution in [3.8, 4) is 23.0 Å². The van der Waals surface area contributed by atoms with Crippen molar-refractivity contribution in [1.29, 1.82) is 0 Å². The molecule has 3 heterocycles. The third-order valence-corrected chi connectivity index (χ3v) is 4.89. The van der Waals surface area contributed by atoms with Gasteiger partial charge >= 0.3 is 0 Å². The van der Waals surface area contributed by atoms with E-state index in [1.807, 2.05) is 19.1 Å². The summed E-state index contributed by atoms with van der Waals surface area (Å²) in [5, 5.41) is 9.17. The molecular formula is C17H15ClN2O4S. The quantitative estimate of drug-likeness (QED) is 0.607. The fraction of sp³-hybridized carbons (Fsp3) is 0.294. The average Bonchev–Trinajstić information content (AvgIpc) is 3.16. The van der Waals surface area contributed by atoms with Crippen LogP contribution in [0.15, 0.2) is 38.5 Å². The average molecular weight is 379 g/mol. The molecule has 0 aliphatic carbocycles. The minimum atomic E-state index is 0.449.